The number of thiazole rings is 1. The van der Waals surface area contributed by atoms with Crippen LogP contribution in [0.1, 0.15) is 48.9 Å². The van der Waals surface area contributed by atoms with Crippen LogP contribution in [0.25, 0.3) is 0 Å². The van der Waals surface area contributed by atoms with E-state index in [1.54, 1.807) is 29.8 Å². The minimum atomic E-state index is -0.648. The van der Waals surface area contributed by atoms with Crippen LogP contribution in [0.5, 0.6) is 5.75 Å². The molecule has 0 spiro atoms. The second kappa shape index (κ2) is 9.54. The van der Waals surface area contributed by atoms with Crippen molar-refractivity contribution in [1.82, 2.24) is 10.3 Å². The fourth-order valence-corrected chi connectivity index (χ4v) is 4.15. The lowest BCUT2D eigenvalue weighted by Gasteiger charge is -2.26. The van der Waals surface area contributed by atoms with Gasteiger partial charge >= 0.3 is 0 Å². The number of nitrogens with one attached hydrogen (secondary N) is 2. The Bertz CT molecular complexity index is 804. The number of hydrogen-bond acceptors (Lipinski definition) is 6. The van der Waals surface area contributed by atoms with Crippen LogP contribution in [0.3, 0.4) is 0 Å². The average Bonchev–Trinajstić information content (AvgIpc) is 3.21. The van der Waals surface area contributed by atoms with Gasteiger partial charge in [0.15, 0.2) is 5.13 Å². The van der Waals surface area contributed by atoms with Gasteiger partial charge in [-0.1, -0.05) is 38.2 Å². The van der Waals surface area contributed by atoms with Gasteiger partial charge in [-0.3, -0.25) is 9.59 Å². The van der Waals surface area contributed by atoms with Crippen LogP contribution in [0, 0.1) is 5.92 Å². The molecular weight excluding hydrogens is 376 g/mol. The van der Waals surface area contributed by atoms with E-state index >= 15 is 0 Å². The molecular formula is C20H26N4O3S. The summed E-state index contributed by atoms with van der Waals surface area (Å²) in [5.41, 5.74) is 6.61. The molecule has 150 valence electrons. The van der Waals surface area contributed by atoms with Crippen molar-refractivity contribution in [3.05, 3.63) is 35.3 Å². The highest BCUT2D eigenvalue weighted by molar-refractivity contribution is 7.13. The number of amides is 2. The Morgan fingerprint density at radius 3 is 2.79 bits per heavy atom. The lowest BCUT2D eigenvalue weighted by molar-refractivity contribution is -0.118. The number of rotatable bonds is 7. The van der Waals surface area contributed by atoms with Crippen molar-refractivity contribution in [2.75, 3.05) is 18.2 Å². The zero-order valence-electron chi connectivity index (χ0n) is 15.9. The maximum Gasteiger partial charge on any atom is 0.254 e. The number of nitrogens with zero attached hydrogens (tertiary/aromatic N) is 1. The number of hydrogen-bond donors (Lipinski definition) is 3. The van der Waals surface area contributed by atoms with E-state index in [-0.39, 0.29) is 17.5 Å². The van der Waals surface area contributed by atoms with Crippen molar-refractivity contribution in [3.8, 4) is 5.75 Å². The van der Waals surface area contributed by atoms with E-state index in [2.05, 4.69) is 15.6 Å². The van der Waals surface area contributed by atoms with Crippen LogP contribution >= 0.6 is 11.3 Å². The Labute approximate surface area is 168 Å². The van der Waals surface area contributed by atoms with Crippen LogP contribution in [0.2, 0.25) is 0 Å². The van der Waals surface area contributed by atoms with E-state index < -0.39 is 6.04 Å². The lowest BCUT2D eigenvalue weighted by Crippen LogP contribution is -2.45. The minimum Gasteiger partial charge on any atom is -0.495 e. The molecule has 1 fully saturated rings. The fourth-order valence-electron chi connectivity index (χ4n) is 3.62. The molecule has 0 radical (unpaired) electrons. The van der Waals surface area contributed by atoms with E-state index in [9.17, 15) is 9.59 Å². The van der Waals surface area contributed by atoms with Crippen molar-refractivity contribution in [2.45, 2.75) is 44.6 Å². The first kappa shape index (κ1) is 20.1. The predicted molar refractivity (Wildman–Crippen MR) is 111 cm³/mol. The van der Waals surface area contributed by atoms with Crippen LogP contribution < -0.4 is 21.1 Å². The molecule has 3 rings (SSSR count). The summed E-state index contributed by atoms with van der Waals surface area (Å²) in [6.45, 7) is 0. The van der Waals surface area contributed by atoms with Crippen molar-refractivity contribution in [1.29, 1.82) is 0 Å². The van der Waals surface area contributed by atoms with Crippen LogP contribution in [0.4, 0.5) is 10.8 Å². The zero-order chi connectivity index (χ0) is 19.9. The van der Waals surface area contributed by atoms with Gasteiger partial charge in [0.2, 0.25) is 5.91 Å². The van der Waals surface area contributed by atoms with Gasteiger partial charge in [0.05, 0.1) is 18.4 Å². The minimum absolute atomic E-state index is 0.254. The molecule has 1 heterocycles. The van der Waals surface area contributed by atoms with Crippen LogP contribution in [-0.4, -0.2) is 29.9 Å². The van der Waals surface area contributed by atoms with Crippen molar-refractivity contribution < 1.29 is 14.3 Å². The molecule has 1 aliphatic rings. The van der Waals surface area contributed by atoms with Crippen LogP contribution in [-0.2, 0) is 4.79 Å². The second-order valence-electron chi connectivity index (χ2n) is 7.01. The Kier molecular flexibility index (Phi) is 6.86. The molecule has 1 aromatic carbocycles. The van der Waals surface area contributed by atoms with Gasteiger partial charge in [-0.2, -0.15) is 0 Å². The number of benzene rings is 1. The third-order valence-electron chi connectivity index (χ3n) is 5.11. The average molecular weight is 403 g/mol. The molecule has 28 heavy (non-hydrogen) atoms. The number of carbonyl (C=O) groups is 2. The largest absolute Gasteiger partial charge is 0.495 e. The van der Waals surface area contributed by atoms with Gasteiger partial charge in [0, 0.05) is 11.6 Å². The highest BCUT2D eigenvalue weighted by Crippen LogP contribution is 2.29. The molecule has 0 bridgehead atoms. The van der Waals surface area contributed by atoms with Gasteiger partial charge in [-0.15, -0.1) is 11.3 Å². The number of nitrogen functional groups attached to an aromatic ring is 1. The summed E-state index contributed by atoms with van der Waals surface area (Å²) >= 11 is 1.35. The van der Waals surface area contributed by atoms with Gasteiger partial charge in [0.25, 0.3) is 5.91 Å². The normalized spacial score (nSPS) is 15.6. The third kappa shape index (κ3) is 5.01. The maximum atomic E-state index is 12.9. The molecule has 1 saturated carbocycles. The fraction of sp³-hybridized carbons (Fsp3) is 0.450. The summed E-state index contributed by atoms with van der Waals surface area (Å²) in [6, 6.07) is 4.38. The molecule has 4 N–H and O–H groups in total. The number of para-hydroxylation sites is 1. The van der Waals surface area contributed by atoms with E-state index in [0.29, 0.717) is 28.8 Å². The van der Waals surface area contributed by atoms with Crippen LogP contribution in [0.15, 0.2) is 29.8 Å². The first-order valence-electron chi connectivity index (χ1n) is 9.52. The van der Waals surface area contributed by atoms with Gasteiger partial charge in [-0.25, -0.2) is 4.98 Å². The summed E-state index contributed by atoms with van der Waals surface area (Å²) in [7, 11) is 1.50. The van der Waals surface area contributed by atoms with Crippen molar-refractivity contribution >= 4 is 34.0 Å². The molecule has 1 aromatic heterocycles. The van der Waals surface area contributed by atoms with Gasteiger partial charge < -0.3 is 21.1 Å². The van der Waals surface area contributed by atoms with Gasteiger partial charge in [-0.05, 0) is 24.5 Å². The predicted octanol–water partition coefficient (Wildman–Crippen LogP) is 3.44. The Morgan fingerprint density at radius 2 is 2.11 bits per heavy atom. The summed E-state index contributed by atoms with van der Waals surface area (Å²) < 4.78 is 5.19. The third-order valence-corrected chi connectivity index (χ3v) is 5.80. The summed E-state index contributed by atoms with van der Waals surface area (Å²) in [5.74, 6) is 0.217. The smallest absolute Gasteiger partial charge is 0.254 e. The Balaban J connectivity index is 1.75. The number of aromatic nitrogens is 1. The SMILES string of the molecule is COc1cccc(C(=O)NC(CC2CCCCC2)C(=O)Nc2nccs2)c1N. The molecule has 8 heteroatoms. The summed E-state index contributed by atoms with van der Waals surface area (Å²) in [6.07, 6.45) is 7.97. The maximum absolute atomic E-state index is 12.9. The first-order chi connectivity index (χ1) is 13.6. The molecule has 0 aliphatic heterocycles. The Morgan fingerprint density at radius 1 is 1.32 bits per heavy atom. The number of nitrogens with two attached hydrogens (primary N) is 1. The topological polar surface area (TPSA) is 106 Å². The molecule has 2 aromatic rings. The zero-order valence-corrected chi connectivity index (χ0v) is 16.8. The summed E-state index contributed by atoms with van der Waals surface area (Å²) in [5, 5.41) is 7.99. The standard InChI is InChI=1S/C20H26N4O3S/c1-27-16-9-5-8-14(17(16)21)18(25)23-15(12-13-6-3-2-4-7-13)19(26)24-20-22-10-11-28-20/h5,8-11,13,15H,2-4,6-7,12,21H2,1H3,(H,23,25)(H,22,24,26). The van der Waals surface area contributed by atoms with Crippen molar-refractivity contribution in [2.24, 2.45) is 5.92 Å². The number of anilines is 2. The van der Waals surface area contributed by atoms with E-state index in [1.807, 2.05) is 0 Å². The number of carbonyl (C=O) groups excluding carboxylic acids is 2. The molecule has 7 nitrogen and oxygen atoms in total. The monoisotopic (exact) mass is 402 g/mol. The Hall–Kier alpha value is -2.61. The molecule has 0 saturated heterocycles. The van der Waals surface area contributed by atoms with E-state index in [1.165, 1.54) is 37.7 Å². The molecule has 2 amide bonds. The van der Waals surface area contributed by atoms with Gasteiger partial charge in [0.1, 0.15) is 11.8 Å². The molecule has 1 unspecified atom stereocenters. The first-order valence-corrected chi connectivity index (χ1v) is 10.4. The quantitative estimate of drug-likeness (QED) is 0.615. The van der Waals surface area contributed by atoms with Crippen molar-refractivity contribution in [3.63, 3.8) is 0 Å². The molecule has 1 aliphatic carbocycles. The number of methoxy groups -OCH3 is 1. The van der Waals surface area contributed by atoms with E-state index in [4.69, 9.17) is 10.5 Å². The van der Waals surface area contributed by atoms with E-state index in [0.717, 1.165) is 12.8 Å². The highest BCUT2D eigenvalue weighted by atomic mass is 32.1. The highest BCUT2D eigenvalue weighted by Gasteiger charge is 2.27. The molecule has 1 atom stereocenters. The lowest BCUT2D eigenvalue weighted by atomic mass is 9.84. The number of ether oxygens (including phenoxy) is 1. The second-order valence-corrected chi connectivity index (χ2v) is 7.91. The summed E-state index contributed by atoms with van der Waals surface area (Å²) in [4.78, 5) is 29.8.